The van der Waals surface area contributed by atoms with E-state index in [1.54, 1.807) is 25.2 Å². The smallest absolute Gasteiger partial charge is 0.221 e. The number of benzene rings is 1. The van der Waals surface area contributed by atoms with Gasteiger partial charge in [-0.2, -0.15) is 0 Å². The average Bonchev–Trinajstić information content (AvgIpc) is 2.43. The fraction of sp³-hybridized carbons (Fsp3) is 0.500. The molecular formula is C14H22FN3O. The van der Waals surface area contributed by atoms with Gasteiger partial charge in [-0.15, -0.1) is 0 Å². The number of carbonyl (C=O) groups excluding carboxylic acids is 1. The molecule has 19 heavy (non-hydrogen) atoms. The number of rotatable bonds is 6. The van der Waals surface area contributed by atoms with Crippen LogP contribution >= 0.6 is 0 Å². The Balaban J connectivity index is 2.82. The Labute approximate surface area is 113 Å². The van der Waals surface area contributed by atoms with E-state index >= 15 is 0 Å². The number of nitrogens with two attached hydrogens (primary N) is 1. The van der Waals surface area contributed by atoms with Crippen molar-refractivity contribution in [3.05, 3.63) is 35.6 Å². The lowest BCUT2D eigenvalue weighted by atomic mass is 10.0. The molecule has 0 fully saturated rings. The molecule has 3 N–H and O–H groups in total. The summed E-state index contributed by atoms with van der Waals surface area (Å²) in [4.78, 5) is 13.4. The highest BCUT2D eigenvalue weighted by Gasteiger charge is 2.23. The molecule has 0 aliphatic rings. The highest BCUT2D eigenvalue weighted by Crippen LogP contribution is 2.23. The number of halogens is 1. The molecule has 0 bridgehead atoms. The van der Waals surface area contributed by atoms with E-state index in [0.29, 0.717) is 18.5 Å². The molecule has 0 saturated heterocycles. The topological polar surface area (TPSA) is 58.4 Å². The lowest BCUT2D eigenvalue weighted by Crippen LogP contribution is -2.42. The van der Waals surface area contributed by atoms with E-state index in [1.807, 2.05) is 18.9 Å². The predicted octanol–water partition coefficient (Wildman–Crippen LogP) is 1.28. The predicted molar refractivity (Wildman–Crippen MR) is 74.1 cm³/mol. The molecule has 0 spiro atoms. The van der Waals surface area contributed by atoms with E-state index < -0.39 is 0 Å². The third kappa shape index (κ3) is 4.01. The monoisotopic (exact) mass is 267 g/mol. The van der Waals surface area contributed by atoms with Crippen LogP contribution in [0.15, 0.2) is 24.3 Å². The molecule has 0 aliphatic carbocycles. The second kappa shape index (κ2) is 7.21. The minimum Gasteiger partial charge on any atom is -0.359 e. The molecule has 1 aromatic rings. The van der Waals surface area contributed by atoms with E-state index in [1.165, 1.54) is 6.07 Å². The summed E-state index contributed by atoms with van der Waals surface area (Å²) in [6, 6.07) is 6.41. The zero-order valence-corrected chi connectivity index (χ0v) is 11.7. The zero-order chi connectivity index (χ0) is 14.4. The van der Waals surface area contributed by atoms with Gasteiger partial charge < -0.3 is 11.1 Å². The molecule has 1 aromatic carbocycles. The van der Waals surface area contributed by atoms with E-state index in [4.69, 9.17) is 5.73 Å². The third-order valence-electron chi connectivity index (χ3n) is 3.51. The highest BCUT2D eigenvalue weighted by atomic mass is 19.1. The summed E-state index contributed by atoms with van der Waals surface area (Å²) in [7, 11) is 3.45. The molecule has 5 heteroatoms. The van der Waals surface area contributed by atoms with Crippen molar-refractivity contribution < 1.29 is 9.18 Å². The summed E-state index contributed by atoms with van der Waals surface area (Å²) < 4.78 is 13.8. The van der Waals surface area contributed by atoms with Crippen LogP contribution in [0.25, 0.3) is 0 Å². The van der Waals surface area contributed by atoms with E-state index in [2.05, 4.69) is 5.32 Å². The van der Waals surface area contributed by atoms with Crippen molar-refractivity contribution in [2.45, 2.75) is 25.4 Å². The van der Waals surface area contributed by atoms with E-state index in [0.717, 1.165) is 0 Å². The van der Waals surface area contributed by atoms with Crippen molar-refractivity contribution in [3.8, 4) is 0 Å². The Morgan fingerprint density at radius 1 is 1.47 bits per heavy atom. The molecular weight excluding hydrogens is 245 g/mol. The van der Waals surface area contributed by atoms with Crippen molar-refractivity contribution in [1.82, 2.24) is 10.2 Å². The summed E-state index contributed by atoms with van der Waals surface area (Å²) in [5, 5.41) is 2.58. The molecule has 0 aromatic heterocycles. The number of hydrogen-bond acceptors (Lipinski definition) is 3. The van der Waals surface area contributed by atoms with Crippen LogP contribution in [-0.4, -0.2) is 37.5 Å². The van der Waals surface area contributed by atoms with Gasteiger partial charge in [-0.3, -0.25) is 9.69 Å². The minimum atomic E-state index is -0.238. The van der Waals surface area contributed by atoms with Crippen molar-refractivity contribution >= 4 is 5.91 Å². The fourth-order valence-corrected chi connectivity index (χ4v) is 2.06. The lowest BCUT2D eigenvalue weighted by Gasteiger charge is -2.32. The standard InChI is InChI=1S/C14H22FN3O/c1-10(12-6-4-5-7-13(12)15)18(3)11(9-16)8-14(19)17-2/h4-7,10-11H,8-9,16H2,1-3H3,(H,17,19). The SMILES string of the molecule is CNC(=O)CC(CN)N(C)C(C)c1ccccc1F. The van der Waals surface area contributed by atoms with Gasteiger partial charge in [0.25, 0.3) is 0 Å². The molecule has 0 saturated carbocycles. The van der Waals surface area contributed by atoms with Crippen LogP contribution in [0.5, 0.6) is 0 Å². The Bertz CT molecular complexity index is 425. The Morgan fingerprint density at radius 2 is 2.11 bits per heavy atom. The van der Waals surface area contributed by atoms with Crippen molar-refractivity contribution in [1.29, 1.82) is 0 Å². The van der Waals surface area contributed by atoms with Gasteiger partial charge in [0, 0.05) is 37.7 Å². The fourth-order valence-electron chi connectivity index (χ4n) is 2.06. The number of nitrogens with one attached hydrogen (secondary N) is 1. The quantitative estimate of drug-likeness (QED) is 0.816. The van der Waals surface area contributed by atoms with Gasteiger partial charge in [0.2, 0.25) is 5.91 Å². The molecule has 2 unspecified atom stereocenters. The van der Waals surface area contributed by atoms with Crippen molar-refractivity contribution in [2.24, 2.45) is 5.73 Å². The number of nitrogens with zero attached hydrogens (tertiary/aromatic N) is 1. The number of amides is 1. The second-order valence-electron chi connectivity index (χ2n) is 4.63. The number of hydrogen-bond donors (Lipinski definition) is 2. The van der Waals surface area contributed by atoms with Crippen molar-refractivity contribution in [3.63, 3.8) is 0 Å². The molecule has 0 aliphatic heterocycles. The summed E-state index contributed by atoms with van der Waals surface area (Å²) in [6.45, 7) is 2.26. The Hall–Kier alpha value is -1.46. The van der Waals surface area contributed by atoms with Crippen LogP contribution < -0.4 is 11.1 Å². The van der Waals surface area contributed by atoms with E-state index in [-0.39, 0.29) is 23.8 Å². The van der Waals surface area contributed by atoms with Crippen LogP contribution in [0.1, 0.15) is 24.9 Å². The van der Waals surface area contributed by atoms with E-state index in [9.17, 15) is 9.18 Å². The third-order valence-corrected chi connectivity index (χ3v) is 3.51. The van der Waals surface area contributed by atoms with Gasteiger partial charge >= 0.3 is 0 Å². The van der Waals surface area contributed by atoms with Gasteiger partial charge in [-0.25, -0.2) is 4.39 Å². The number of carbonyl (C=O) groups is 1. The summed E-state index contributed by atoms with van der Waals surface area (Å²) >= 11 is 0. The number of likely N-dealkylation sites (N-methyl/N-ethyl adjacent to an activating group) is 1. The average molecular weight is 267 g/mol. The normalized spacial score (nSPS) is 14.2. The first-order valence-electron chi connectivity index (χ1n) is 6.38. The molecule has 106 valence electrons. The maximum Gasteiger partial charge on any atom is 0.221 e. The van der Waals surface area contributed by atoms with Gasteiger partial charge in [-0.1, -0.05) is 18.2 Å². The zero-order valence-electron chi connectivity index (χ0n) is 11.7. The minimum absolute atomic E-state index is 0.0666. The summed E-state index contributed by atoms with van der Waals surface area (Å²) in [6.07, 6.45) is 0.308. The van der Waals surface area contributed by atoms with Crippen LogP contribution in [-0.2, 0) is 4.79 Å². The van der Waals surface area contributed by atoms with Crippen LogP contribution in [0.2, 0.25) is 0 Å². The molecule has 1 amide bonds. The molecule has 2 atom stereocenters. The first kappa shape index (κ1) is 15.6. The molecule has 0 radical (unpaired) electrons. The van der Waals surface area contributed by atoms with Crippen molar-refractivity contribution in [2.75, 3.05) is 20.6 Å². The first-order chi connectivity index (χ1) is 9.01. The molecule has 0 heterocycles. The molecule has 1 rings (SSSR count). The Kier molecular flexibility index (Phi) is 5.92. The maximum absolute atomic E-state index is 13.8. The summed E-state index contributed by atoms with van der Waals surface area (Å²) in [5.41, 5.74) is 6.33. The first-order valence-corrected chi connectivity index (χ1v) is 6.38. The van der Waals surface area contributed by atoms with Gasteiger partial charge in [-0.05, 0) is 20.0 Å². The summed E-state index contributed by atoms with van der Waals surface area (Å²) in [5.74, 6) is -0.305. The van der Waals surface area contributed by atoms with Crippen LogP contribution in [0, 0.1) is 5.82 Å². The van der Waals surface area contributed by atoms with Gasteiger partial charge in [0.1, 0.15) is 5.82 Å². The van der Waals surface area contributed by atoms with Crippen LogP contribution in [0.4, 0.5) is 4.39 Å². The van der Waals surface area contributed by atoms with Crippen LogP contribution in [0.3, 0.4) is 0 Å². The largest absolute Gasteiger partial charge is 0.359 e. The Morgan fingerprint density at radius 3 is 2.63 bits per heavy atom. The molecule has 4 nitrogen and oxygen atoms in total. The lowest BCUT2D eigenvalue weighted by molar-refractivity contribution is -0.121. The highest BCUT2D eigenvalue weighted by molar-refractivity contribution is 5.76. The van der Waals surface area contributed by atoms with Gasteiger partial charge in [0.05, 0.1) is 0 Å². The maximum atomic E-state index is 13.8. The second-order valence-corrected chi connectivity index (χ2v) is 4.63. The van der Waals surface area contributed by atoms with Gasteiger partial charge in [0.15, 0.2) is 0 Å².